The number of rotatable bonds is 5. The fourth-order valence-electron chi connectivity index (χ4n) is 2.92. The van der Waals surface area contributed by atoms with Gasteiger partial charge in [0.15, 0.2) is 5.82 Å². The van der Waals surface area contributed by atoms with Gasteiger partial charge in [-0.25, -0.2) is 14.3 Å². The lowest BCUT2D eigenvalue weighted by molar-refractivity contribution is -0.0659. The van der Waals surface area contributed by atoms with Crippen LogP contribution in [0.25, 0.3) is 5.52 Å². The average molecular weight is 378 g/mol. The summed E-state index contributed by atoms with van der Waals surface area (Å²) in [6.07, 6.45) is -3.95. The van der Waals surface area contributed by atoms with Crippen LogP contribution in [0.2, 0.25) is 0 Å². The van der Waals surface area contributed by atoms with Crippen LogP contribution in [0, 0.1) is 11.3 Å². The molecule has 1 saturated heterocycles. The van der Waals surface area contributed by atoms with Gasteiger partial charge < -0.3 is 35.8 Å². The van der Waals surface area contributed by atoms with Crippen molar-refractivity contribution in [1.82, 2.24) is 19.9 Å². The first-order valence-corrected chi connectivity index (χ1v) is 8.00. The molecule has 1 aliphatic rings. The molecule has 0 spiro atoms. The fourth-order valence-corrected chi connectivity index (χ4v) is 2.92. The van der Waals surface area contributed by atoms with Crippen LogP contribution in [0.3, 0.4) is 0 Å². The van der Waals surface area contributed by atoms with Crippen molar-refractivity contribution in [3.8, 4) is 6.07 Å². The summed E-state index contributed by atoms with van der Waals surface area (Å²) < 4.78 is 11.8. The number of ether oxygens (including phenoxy) is 2. The number of amides is 1. The van der Waals surface area contributed by atoms with Gasteiger partial charge in [-0.2, -0.15) is 10.4 Å². The Bertz CT molecular complexity index is 881. The lowest BCUT2D eigenvalue weighted by Gasteiger charge is -2.24. The third kappa shape index (κ3) is 3.13. The zero-order chi connectivity index (χ0) is 19.6. The fraction of sp³-hybridized carbons (Fsp3) is 0.467. The van der Waals surface area contributed by atoms with Gasteiger partial charge in [-0.05, 0) is 12.1 Å². The Morgan fingerprint density at radius 1 is 1.52 bits per heavy atom. The Morgan fingerprint density at radius 2 is 2.30 bits per heavy atom. The Labute approximate surface area is 152 Å². The minimum atomic E-state index is -1.96. The van der Waals surface area contributed by atoms with E-state index < -0.39 is 36.6 Å². The molecule has 144 valence electrons. The van der Waals surface area contributed by atoms with Crippen LogP contribution in [0.4, 0.5) is 10.6 Å². The number of nitriles is 1. The van der Waals surface area contributed by atoms with Crippen molar-refractivity contribution >= 4 is 17.4 Å². The second-order valence-electron chi connectivity index (χ2n) is 5.85. The van der Waals surface area contributed by atoms with Crippen LogP contribution >= 0.6 is 0 Å². The monoisotopic (exact) mass is 378 g/mol. The number of nitrogens with zero attached hydrogens (tertiary/aromatic N) is 4. The van der Waals surface area contributed by atoms with Gasteiger partial charge in [0.05, 0.1) is 12.3 Å². The number of alkyl carbamates (subject to hydrolysis) is 1. The largest absolute Gasteiger partial charge is 0.447 e. The van der Waals surface area contributed by atoms with Gasteiger partial charge in [0, 0.05) is 6.54 Å². The molecule has 2 aromatic heterocycles. The maximum absolute atomic E-state index is 11.5. The van der Waals surface area contributed by atoms with Crippen molar-refractivity contribution in [2.24, 2.45) is 0 Å². The van der Waals surface area contributed by atoms with Crippen molar-refractivity contribution < 1.29 is 29.6 Å². The van der Waals surface area contributed by atoms with E-state index in [-0.39, 0.29) is 24.7 Å². The molecule has 1 fully saturated rings. The summed E-state index contributed by atoms with van der Waals surface area (Å²) in [6.45, 7) is -0.686. The highest BCUT2D eigenvalue weighted by Crippen LogP contribution is 2.40. The zero-order valence-corrected chi connectivity index (χ0v) is 14.0. The Morgan fingerprint density at radius 3 is 3.00 bits per heavy atom. The van der Waals surface area contributed by atoms with Crippen LogP contribution in [0.5, 0.6) is 0 Å². The number of nitrogen functional groups attached to an aromatic ring is 1. The highest BCUT2D eigenvalue weighted by Gasteiger charge is 2.57. The molecule has 0 radical (unpaired) electrons. The second kappa shape index (κ2) is 7.33. The molecule has 4 atom stereocenters. The van der Waals surface area contributed by atoms with Crippen LogP contribution in [0.1, 0.15) is 5.69 Å². The highest BCUT2D eigenvalue weighted by molar-refractivity contribution is 5.67. The smallest absolute Gasteiger partial charge is 0.407 e. The summed E-state index contributed by atoms with van der Waals surface area (Å²) in [5.74, 6) is 0.165. The summed E-state index contributed by atoms with van der Waals surface area (Å²) >= 11 is 0. The minimum absolute atomic E-state index is 0.00502. The van der Waals surface area contributed by atoms with Gasteiger partial charge in [-0.1, -0.05) is 0 Å². The topological polar surface area (TPSA) is 188 Å². The van der Waals surface area contributed by atoms with E-state index >= 15 is 0 Å². The molecule has 0 bridgehead atoms. The summed E-state index contributed by atoms with van der Waals surface area (Å²) in [7, 11) is 0. The van der Waals surface area contributed by atoms with E-state index in [2.05, 4.69) is 15.4 Å². The number of hydrogen-bond acceptors (Lipinski definition) is 10. The van der Waals surface area contributed by atoms with E-state index in [0.717, 1.165) is 0 Å². The molecule has 3 heterocycles. The molecule has 1 aliphatic heterocycles. The van der Waals surface area contributed by atoms with Gasteiger partial charge in [0.2, 0.25) is 5.60 Å². The Balaban J connectivity index is 1.86. The second-order valence-corrected chi connectivity index (χ2v) is 5.85. The predicted octanol–water partition coefficient (Wildman–Crippen LogP) is -2.13. The van der Waals surface area contributed by atoms with E-state index in [0.29, 0.717) is 5.52 Å². The molecule has 0 aliphatic carbocycles. The first-order valence-electron chi connectivity index (χ1n) is 8.00. The maximum atomic E-state index is 11.5. The summed E-state index contributed by atoms with van der Waals surface area (Å²) in [4.78, 5) is 15.3. The standard InChI is InChI=1S/C15H18N6O6/c16-6-15(10-2-1-8-13(17)19-7-20-21(8)10)12(24)11(23)9(27-15)5-26-14(25)18-3-4-22/h1-2,7,9,11-12,22-24H,3-5H2,(H,18,25)(H2,17,19,20)/t9-,11-,12-,15+/m1/s1. The van der Waals surface area contributed by atoms with E-state index in [1.54, 1.807) is 6.07 Å². The van der Waals surface area contributed by atoms with Gasteiger partial charge in [-0.15, -0.1) is 0 Å². The van der Waals surface area contributed by atoms with Gasteiger partial charge in [-0.3, -0.25) is 0 Å². The van der Waals surface area contributed by atoms with Crippen LogP contribution in [-0.2, 0) is 15.1 Å². The van der Waals surface area contributed by atoms with E-state index in [9.17, 15) is 20.3 Å². The Hall–Kier alpha value is -2.98. The number of aliphatic hydroxyl groups excluding tert-OH is 3. The van der Waals surface area contributed by atoms with Crippen molar-refractivity contribution in [3.05, 3.63) is 24.2 Å². The number of nitrogens with two attached hydrogens (primary N) is 1. The lowest BCUT2D eigenvalue weighted by Crippen LogP contribution is -2.41. The van der Waals surface area contributed by atoms with E-state index in [1.807, 2.05) is 6.07 Å². The van der Waals surface area contributed by atoms with Crippen LogP contribution in [-0.4, -0.2) is 74.1 Å². The molecule has 2 aromatic rings. The van der Waals surface area contributed by atoms with E-state index in [1.165, 1.54) is 16.9 Å². The molecule has 1 amide bonds. The van der Waals surface area contributed by atoms with Crippen molar-refractivity contribution in [2.75, 3.05) is 25.5 Å². The molecule has 12 heteroatoms. The van der Waals surface area contributed by atoms with Crippen molar-refractivity contribution in [2.45, 2.75) is 23.9 Å². The summed E-state index contributed by atoms with van der Waals surface area (Å²) in [5, 5.41) is 45.5. The highest BCUT2D eigenvalue weighted by atomic mass is 16.6. The SMILES string of the molecule is N#C[C@@]1(c2ccc3c(N)ncnn23)O[C@H](COC(=O)NCCO)[C@@H](O)[C@H]1O. The van der Waals surface area contributed by atoms with E-state index in [4.69, 9.17) is 20.3 Å². The summed E-state index contributed by atoms with van der Waals surface area (Å²) in [6, 6.07) is 4.92. The molecule has 6 N–H and O–H groups in total. The van der Waals surface area contributed by atoms with Gasteiger partial charge in [0.25, 0.3) is 0 Å². The predicted molar refractivity (Wildman–Crippen MR) is 88.0 cm³/mol. The molecular weight excluding hydrogens is 360 g/mol. The molecule has 0 saturated carbocycles. The third-order valence-electron chi connectivity index (χ3n) is 4.25. The average Bonchev–Trinajstić information content (AvgIpc) is 3.21. The van der Waals surface area contributed by atoms with Crippen molar-refractivity contribution in [1.29, 1.82) is 5.26 Å². The number of carbonyl (C=O) groups is 1. The van der Waals surface area contributed by atoms with Gasteiger partial charge in [0.1, 0.15) is 42.8 Å². The number of fused-ring (bicyclic) bond motifs is 1. The molecule has 27 heavy (non-hydrogen) atoms. The summed E-state index contributed by atoms with van der Waals surface area (Å²) in [5.41, 5.74) is 4.36. The minimum Gasteiger partial charge on any atom is -0.447 e. The third-order valence-corrected chi connectivity index (χ3v) is 4.25. The number of aromatic nitrogens is 3. The molecule has 0 aromatic carbocycles. The van der Waals surface area contributed by atoms with Crippen molar-refractivity contribution in [3.63, 3.8) is 0 Å². The lowest BCUT2D eigenvalue weighted by atomic mass is 9.92. The molecule has 0 unspecified atom stereocenters. The first-order chi connectivity index (χ1) is 12.9. The van der Waals surface area contributed by atoms with Crippen LogP contribution in [0.15, 0.2) is 18.5 Å². The number of aliphatic hydroxyl groups is 3. The first kappa shape index (κ1) is 18.8. The Kier molecular flexibility index (Phi) is 5.10. The number of hydrogen-bond donors (Lipinski definition) is 5. The zero-order valence-electron chi connectivity index (χ0n) is 14.0. The quantitative estimate of drug-likeness (QED) is 0.384. The molecular formula is C15H18N6O6. The maximum Gasteiger partial charge on any atom is 0.407 e. The van der Waals surface area contributed by atoms with Crippen LogP contribution < -0.4 is 11.1 Å². The number of carbonyl (C=O) groups excluding carboxylic acids is 1. The molecule has 12 nitrogen and oxygen atoms in total. The normalized spacial score (nSPS) is 27.4. The number of anilines is 1. The van der Waals surface area contributed by atoms with Gasteiger partial charge >= 0.3 is 6.09 Å². The number of nitrogens with one attached hydrogen (secondary N) is 1. The molecule has 3 rings (SSSR count).